The monoisotopic (exact) mass is 618 g/mol. The number of benzene rings is 5. The largest absolute Gasteiger partial charge is 0.293 e. The molecule has 1 aliphatic carbocycles. The van der Waals surface area contributed by atoms with Gasteiger partial charge in [0.25, 0.3) is 11.8 Å². The third-order valence-electron chi connectivity index (χ3n) is 8.47. The molecule has 1 aliphatic heterocycles. The number of aromatic nitrogens is 1. The summed E-state index contributed by atoms with van der Waals surface area (Å²) >= 11 is 0. The standard InChI is InChI=1S/C42H22N2O4/c45-39-31-21-18-28(16-14-26-8-3-1-4-9-26)24-33(31)40(46)37(39)35-23-20-30-12-7-13-36(38(30)43-35)44-41(47)32-22-19-29(25-34(32)42(44)48)17-15-27-10-5-2-6-11-27/h1-13,18-25,37H. The highest BCUT2D eigenvalue weighted by Gasteiger charge is 2.41. The topological polar surface area (TPSA) is 84.4 Å². The highest BCUT2D eigenvalue weighted by molar-refractivity contribution is 6.36. The van der Waals surface area contributed by atoms with Crippen molar-refractivity contribution in [3.63, 3.8) is 0 Å². The molecule has 6 aromatic rings. The lowest BCUT2D eigenvalue weighted by atomic mass is 9.98. The molecular weight excluding hydrogens is 596 g/mol. The number of anilines is 1. The van der Waals surface area contributed by atoms with Gasteiger partial charge in [0.1, 0.15) is 5.92 Å². The van der Waals surface area contributed by atoms with Crippen LogP contribution in [0.15, 0.2) is 127 Å². The summed E-state index contributed by atoms with van der Waals surface area (Å²) < 4.78 is 0. The Labute approximate surface area is 275 Å². The van der Waals surface area contributed by atoms with Gasteiger partial charge in [-0.15, -0.1) is 0 Å². The lowest BCUT2D eigenvalue weighted by molar-refractivity contribution is 0.0882. The molecule has 0 saturated carbocycles. The smallest absolute Gasteiger partial charge is 0.266 e. The molecule has 224 valence electrons. The van der Waals surface area contributed by atoms with Gasteiger partial charge in [-0.1, -0.05) is 78.3 Å². The molecule has 8 rings (SSSR count). The van der Waals surface area contributed by atoms with Gasteiger partial charge in [0.15, 0.2) is 11.6 Å². The molecule has 2 heterocycles. The number of amides is 2. The maximum absolute atomic E-state index is 13.8. The van der Waals surface area contributed by atoms with Crippen LogP contribution in [0.4, 0.5) is 5.69 Å². The fourth-order valence-electron chi connectivity index (χ4n) is 6.10. The summed E-state index contributed by atoms with van der Waals surface area (Å²) in [6.45, 7) is 0. The predicted molar refractivity (Wildman–Crippen MR) is 182 cm³/mol. The molecule has 0 saturated heterocycles. The van der Waals surface area contributed by atoms with Crippen molar-refractivity contribution in [3.8, 4) is 23.7 Å². The molecule has 6 heteroatoms. The Balaban J connectivity index is 1.12. The van der Waals surface area contributed by atoms with Gasteiger partial charge >= 0.3 is 0 Å². The summed E-state index contributed by atoms with van der Waals surface area (Å²) in [7, 11) is 0. The normalized spacial score (nSPS) is 14.7. The number of pyridine rings is 1. The molecular formula is C42H22N2O4. The minimum Gasteiger partial charge on any atom is -0.293 e. The maximum atomic E-state index is 13.8. The van der Waals surface area contributed by atoms with E-state index in [-0.39, 0.29) is 34.1 Å². The molecule has 48 heavy (non-hydrogen) atoms. The first kappa shape index (κ1) is 28.6. The highest BCUT2D eigenvalue weighted by atomic mass is 16.2. The third kappa shape index (κ3) is 4.86. The van der Waals surface area contributed by atoms with Crippen molar-refractivity contribution in [1.29, 1.82) is 0 Å². The number of imide groups is 1. The van der Waals surface area contributed by atoms with Crippen molar-refractivity contribution >= 4 is 40.0 Å². The molecule has 2 aliphatic rings. The van der Waals surface area contributed by atoms with E-state index in [0.717, 1.165) is 16.0 Å². The molecule has 0 spiro atoms. The first-order valence-electron chi connectivity index (χ1n) is 15.3. The van der Waals surface area contributed by atoms with Gasteiger partial charge in [-0.3, -0.25) is 19.2 Å². The predicted octanol–water partition coefficient (Wildman–Crippen LogP) is 7.00. The van der Waals surface area contributed by atoms with Crippen molar-refractivity contribution in [2.75, 3.05) is 4.90 Å². The Morgan fingerprint density at radius 1 is 0.479 bits per heavy atom. The molecule has 5 aromatic carbocycles. The van der Waals surface area contributed by atoms with Crippen LogP contribution >= 0.6 is 0 Å². The SMILES string of the molecule is O=C1c2ccc(C#Cc3ccccc3)cc2C(=O)C1c1ccc2cccc(N3C(=O)c4ccc(C#Cc5ccccc5)cc4C3=O)c2n1. The van der Waals surface area contributed by atoms with E-state index in [4.69, 9.17) is 4.98 Å². The van der Waals surface area contributed by atoms with Crippen molar-refractivity contribution in [2.24, 2.45) is 0 Å². The number of carbonyl (C=O) groups excluding carboxylic acids is 4. The molecule has 0 N–H and O–H groups in total. The zero-order chi connectivity index (χ0) is 32.8. The lowest BCUT2D eigenvalue weighted by Crippen LogP contribution is -2.29. The Bertz CT molecular complexity index is 2500. The van der Waals surface area contributed by atoms with Crippen molar-refractivity contribution in [2.45, 2.75) is 5.92 Å². The van der Waals surface area contributed by atoms with E-state index >= 15 is 0 Å². The number of fused-ring (bicyclic) bond motifs is 3. The summed E-state index contributed by atoms with van der Waals surface area (Å²) in [6.07, 6.45) is 0. The highest BCUT2D eigenvalue weighted by Crippen LogP contribution is 2.37. The van der Waals surface area contributed by atoms with Crippen LogP contribution in [0.5, 0.6) is 0 Å². The Kier molecular flexibility index (Phi) is 6.83. The Morgan fingerprint density at radius 2 is 1.04 bits per heavy atom. The molecule has 0 fully saturated rings. The summed E-state index contributed by atoms with van der Waals surface area (Å²) in [6, 6.07) is 37.5. The second-order valence-electron chi connectivity index (χ2n) is 11.4. The Hall–Kier alpha value is -6.89. The quantitative estimate of drug-likeness (QED) is 0.119. The van der Waals surface area contributed by atoms with Crippen LogP contribution in [-0.2, 0) is 0 Å². The van der Waals surface area contributed by atoms with Crippen LogP contribution in [0.2, 0.25) is 0 Å². The van der Waals surface area contributed by atoms with Crippen LogP contribution in [0.1, 0.15) is 75.3 Å². The number of ketones is 2. The van der Waals surface area contributed by atoms with Crippen LogP contribution < -0.4 is 4.90 Å². The van der Waals surface area contributed by atoms with Gasteiger partial charge in [0.05, 0.1) is 28.0 Å². The molecule has 1 atom stereocenters. The number of nitrogens with zero attached hydrogens (tertiary/aromatic N) is 2. The summed E-state index contributed by atoms with van der Waals surface area (Å²) in [4.78, 5) is 60.5. The molecule has 1 unspecified atom stereocenters. The second kappa shape index (κ2) is 11.5. The van der Waals surface area contributed by atoms with Crippen LogP contribution in [0, 0.1) is 23.7 Å². The molecule has 0 radical (unpaired) electrons. The van der Waals surface area contributed by atoms with Crippen molar-refractivity contribution in [1.82, 2.24) is 4.98 Å². The van der Waals surface area contributed by atoms with E-state index in [0.29, 0.717) is 33.2 Å². The maximum Gasteiger partial charge on any atom is 0.266 e. The summed E-state index contributed by atoms with van der Waals surface area (Å²) in [5, 5.41) is 0.649. The van der Waals surface area contributed by atoms with Gasteiger partial charge in [-0.05, 0) is 72.8 Å². The fourth-order valence-corrected chi connectivity index (χ4v) is 6.10. The zero-order valence-corrected chi connectivity index (χ0v) is 25.2. The van der Waals surface area contributed by atoms with Crippen molar-refractivity contribution < 1.29 is 19.2 Å². The number of rotatable bonds is 2. The van der Waals surface area contributed by atoms with E-state index in [2.05, 4.69) is 23.7 Å². The second-order valence-corrected chi connectivity index (χ2v) is 11.4. The minimum atomic E-state index is -1.15. The lowest BCUT2D eigenvalue weighted by Gasteiger charge is -2.17. The zero-order valence-electron chi connectivity index (χ0n) is 25.2. The van der Waals surface area contributed by atoms with Gasteiger partial charge in [-0.25, -0.2) is 9.88 Å². The Morgan fingerprint density at radius 3 is 1.71 bits per heavy atom. The van der Waals surface area contributed by atoms with E-state index in [1.54, 1.807) is 66.7 Å². The molecule has 1 aromatic heterocycles. The molecule has 2 amide bonds. The summed E-state index contributed by atoms with van der Waals surface area (Å²) in [5.41, 5.74) is 4.86. The van der Waals surface area contributed by atoms with E-state index in [1.807, 2.05) is 60.7 Å². The molecule has 6 nitrogen and oxygen atoms in total. The number of carbonyl (C=O) groups is 4. The number of hydrogen-bond donors (Lipinski definition) is 0. The van der Waals surface area contributed by atoms with Crippen LogP contribution in [0.25, 0.3) is 10.9 Å². The van der Waals surface area contributed by atoms with Crippen molar-refractivity contribution in [3.05, 3.63) is 178 Å². The van der Waals surface area contributed by atoms with E-state index in [1.165, 1.54) is 0 Å². The third-order valence-corrected chi connectivity index (χ3v) is 8.47. The van der Waals surface area contributed by atoms with Gasteiger partial charge in [0, 0.05) is 38.8 Å². The van der Waals surface area contributed by atoms with E-state index in [9.17, 15) is 19.2 Å². The molecule has 0 bridgehead atoms. The first-order chi connectivity index (χ1) is 23.5. The van der Waals surface area contributed by atoms with Gasteiger partial charge in [-0.2, -0.15) is 0 Å². The number of hydrogen-bond acceptors (Lipinski definition) is 5. The van der Waals surface area contributed by atoms with Gasteiger partial charge in [0.2, 0.25) is 0 Å². The first-order valence-corrected chi connectivity index (χ1v) is 15.3. The average molecular weight is 619 g/mol. The number of para-hydroxylation sites is 1. The average Bonchev–Trinajstić information content (AvgIpc) is 3.53. The number of Topliss-reactive ketones (excluding diaryl/α,β-unsaturated/α-hetero) is 2. The minimum absolute atomic E-state index is 0.244. The van der Waals surface area contributed by atoms with Crippen LogP contribution in [0.3, 0.4) is 0 Å². The van der Waals surface area contributed by atoms with Crippen LogP contribution in [-0.4, -0.2) is 28.4 Å². The van der Waals surface area contributed by atoms with E-state index < -0.39 is 17.7 Å². The summed E-state index contributed by atoms with van der Waals surface area (Å²) in [5.74, 6) is 9.44. The van der Waals surface area contributed by atoms with Gasteiger partial charge < -0.3 is 0 Å². The fraction of sp³-hybridized carbons (Fsp3) is 0.0238.